The third-order valence-corrected chi connectivity index (χ3v) is 4.10. The average molecular weight is 341 g/mol. The number of nitrogens with zero attached hydrogens (tertiary/aromatic N) is 2. The van der Waals surface area contributed by atoms with Crippen molar-refractivity contribution >= 4 is 15.9 Å². The zero-order valence-electron chi connectivity index (χ0n) is 12.4. The number of halogens is 1. The minimum Gasteiger partial charge on any atom is -0.493 e. The lowest BCUT2D eigenvalue weighted by Crippen LogP contribution is -2.44. The number of rotatable bonds is 7. The quantitative estimate of drug-likeness (QED) is 0.709. The predicted molar refractivity (Wildman–Crippen MR) is 88.0 cm³/mol. The fraction of sp³-hybridized carbons (Fsp3) is 0.625. The molecule has 0 radical (unpaired) electrons. The Bertz CT molecular complexity index is 392. The summed E-state index contributed by atoms with van der Waals surface area (Å²) in [4.78, 5) is 4.98. The summed E-state index contributed by atoms with van der Waals surface area (Å²) in [7, 11) is 2.20. The number of hydrogen-bond acceptors (Lipinski definition) is 3. The molecule has 1 saturated heterocycles. The Morgan fingerprint density at radius 3 is 2.75 bits per heavy atom. The molecule has 0 saturated carbocycles. The average Bonchev–Trinajstić information content (AvgIpc) is 2.48. The monoisotopic (exact) mass is 340 g/mol. The van der Waals surface area contributed by atoms with Crippen LogP contribution in [0.15, 0.2) is 24.3 Å². The summed E-state index contributed by atoms with van der Waals surface area (Å²) in [6, 6.07) is 8.50. The summed E-state index contributed by atoms with van der Waals surface area (Å²) in [5.41, 5.74) is 1.38. The van der Waals surface area contributed by atoms with Crippen molar-refractivity contribution in [3.05, 3.63) is 29.8 Å². The van der Waals surface area contributed by atoms with Gasteiger partial charge in [0.1, 0.15) is 5.75 Å². The lowest BCUT2D eigenvalue weighted by molar-refractivity contribution is 0.153. The minimum absolute atomic E-state index is 0.727. The molecule has 0 unspecified atom stereocenters. The van der Waals surface area contributed by atoms with Crippen molar-refractivity contribution in [3.8, 4) is 5.75 Å². The van der Waals surface area contributed by atoms with Gasteiger partial charge in [-0.3, -0.25) is 0 Å². The number of likely N-dealkylation sites (N-methyl/N-ethyl adjacent to an activating group) is 1. The Morgan fingerprint density at radius 2 is 2.00 bits per heavy atom. The van der Waals surface area contributed by atoms with Crippen LogP contribution < -0.4 is 4.74 Å². The molecule has 1 aliphatic heterocycles. The lowest BCUT2D eigenvalue weighted by Gasteiger charge is -2.32. The van der Waals surface area contributed by atoms with E-state index in [2.05, 4.69) is 51.0 Å². The predicted octanol–water partition coefficient (Wildman–Crippen LogP) is 2.64. The van der Waals surface area contributed by atoms with Gasteiger partial charge in [-0.05, 0) is 44.1 Å². The number of piperazine rings is 1. The van der Waals surface area contributed by atoms with Crippen LogP contribution in [0, 0.1) is 0 Å². The first kappa shape index (κ1) is 15.8. The van der Waals surface area contributed by atoms with Crippen molar-refractivity contribution in [3.63, 3.8) is 0 Å². The molecule has 2 rings (SSSR count). The molecule has 0 spiro atoms. The van der Waals surface area contributed by atoms with Gasteiger partial charge in [-0.15, -0.1) is 0 Å². The van der Waals surface area contributed by atoms with E-state index in [1.54, 1.807) is 0 Å². The fourth-order valence-electron chi connectivity index (χ4n) is 2.53. The molecule has 1 aromatic carbocycles. The van der Waals surface area contributed by atoms with Crippen molar-refractivity contribution in [2.24, 2.45) is 0 Å². The first-order valence-electron chi connectivity index (χ1n) is 7.46. The van der Waals surface area contributed by atoms with E-state index in [9.17, 15) is 0 Å². The Hall–Kier alpha value is -0.580. The minimum atomic E-state index is 0.727. The van der Waals surface area contributed by atoms with E-state index in [0.717, 1.165) is 24.1 Å². The molecular weight excluding hydrogens is 316 g/mol. The van der Waals surface area contributed by atoms with Crippen LogP contribution in [0.5, 0.6) is 5.75 Å². The molecular formula is C16H25BrN2O. The maximum absolute atomic E-state index is 5.64. The maximum atomic E-state index is 5.64. The van der Waals surface area contributed by atoms with Crippen LogP contribution in [0.4, 0.5) is 0 Å². The second-order valence-electron chi connectivity index (χ2n) is 5.43. The molecule has 1 fully saturated rings. The number of benzene rings is 1. The van der Waals surface area contributed by atoms with Crippen molar-refractivity contribution in [2.75, 3.05) is 51.7 Å². The molecule has 3 nitrogen and oxygen atoms in total. The highest BCUT2D eigenvalue weighted by Gasteiger charge is 2.12. The highest BCUT2D eigenvalue weighted by Crippen LogP contribution is 2.15. The highest BCUT2D eigenvalue weighted by molar-refractivity contribution is 9.09. The number of ether oxygens (including phenoxy) is 1. The summed E-state index contributed by atoms with van der Waals surface area (Å²) >= 11 is 3.38. The SMILES string of the molecule is CN1CCN(CCCc2cccc(OCCBr)c2)CC1. The van der Waals surface area contributed by atoms with Gasteiger partial charge in [0.2, 0.25) is 0 Å². The number of hydrogen-bond donors (Lipinski definition) is 0. The standard InChI is InChI=1S/C16H25BrN2O/c1-18-9-11-19(12-10-18)8-3-5-15-4-2-6-16(14-15)20-13-7-17/h2,4,6,14H,3,5,7-13H2,1H3. The van der Waals surface area contributed by atoms with Gasteiger partial charge in [-0.1, -0.05) is 28.1 Å². The summed E-state index contributed by atoms with van der Waals surface area (Å²) < 4.78 is 5.64. The van der Waals surface area contributed by atoms with Gasteiger partial charge in [0, 0.05) is 31.5 Å². The van der Waals surface area contributed by atoms with Gasteiger partial charge >= 0.3 is 0 Å². The van der Waals surface area contributed by atoms with Crippen molar-refractivity contribution in [1.82, 2.24) is 9.80 Å². The summed E-state index contributed by atoms with van der Waals surface area (Å²) in [5.74, 6) is 0.988. The molecule has 20 heavy (non-hydrogen) atoms. The van der Waals surface area contributed by atoms with Crippen LogP contribution in [0.3, 0.4) is 0 Å². The van der Waals surface area contributed by atoms with Crippen LogP contribution in [-0.4, -0.2) is 61.5 Å². The van der Waals surface area contributed by atoms with E-state index in [-0.39, 0.29) is 0 Å². The van der Waals surface area contributed by atoms with Gasteiger partial charge in [0.15, 0.2) is 0 Å². The lowest BCUT2D eigenvalue weighted by atomic mass is 10.1. The van der Waals surface area contributed by atoms with Gasteiger partial charge in [-0.25, -0.2) is 0 Å². The summed E-state index contributed by atoms with van der Waals surface area (Å²) in [5, 5.41) is 0.876. The molecule has 1 aliphatic rings. The summed E-state index contributed by atoms with van der Waals surface area (Å²) in [6.07, 6.45) is 2.36. The van der Waals surface area contributed by atoms with Crippen molar-refractivity contribution < 1.29 is 4.74 Å². The molecule has 0 aromatic heterocycles. The van der Waals surface area contributed by atoms with Crippen LogP contribution >= 0.6 is 15.9 Å². The Labute approximate surface area is 131 Å². The molecule has 0 atom stereocenters. The second-order valence-corrected chi connectivity index (χ2v) is 6.23. The Morgan fingerprint density at radius 1 is 1.20 bits per heavy atom. The Balaban J connectivity index is 1.70. The van der Waals surface area contributed by atoms with Gasteiger partial charge in [0.25, 0.3) is 0 Å². The van der Waals surface area contributed by atoms with Gasteiger partial charge in [-0.2, -0.15) is 0 Å². The Kier molecular flexibility index (Phi) is 6.83. The first-order chi connectivity index (χ1) is 9.78. The van der Waals surface area contributed by atoms with Crippen LogP contribution in [0.1, 0.15) is 12.0 Å². The topological polar surface area (TPSA) is 15.7 Å². The fourth-order valence-corrected chi connectivity index (χ4v) is 2.69. The van der Waals surface area contributed by atoms with E-state index in [1.807, 2.05) is 6.07 Å². The first-order valence-corrected chi connectivity index (χ1v) is 8.58. The molecule has 1 heterocycles. The molecule has 112 valence electrons. The molecule has 0 amide bonds. The van der Waals surface area contributed by atoms with Crippen molar-refractivity contribution in [2.45, 2.75) is 12.8 Å². The largest absolute Gasteiger partial charge is 0.493 e. The van der Waals surface area contributed by atoms with E-state index in [1.165, 1.54) is 44.7 Å². The van der Waals surface area contributed by atoms with E-state index in [4.69, 9.17) is 4.74 Å². The zero-order valence-corrected chi connectivity index (χ0v) is 13.9. The third kappa shape index (κ3) is 5.43. The van der Waals surface area contributed by atoms with E-state index >= 15 is 0 Å². The normalized spacial score (nSPS) is 17.3. The number of aryl methyl sites for hydroxylation is 1. The van der Waals surface area contributed by atoms with E-state index < -0.39 is 0 Å². The van der Waals surface area contributed by atoms with Crippen LogP contribution in [0.25, 0.3) is 0 Å². The van der Waals surface area contributed by atoms with Gasteiger partial charge < -0.3 is 14.5 Å². The van der Waals surface area contributed by atoms with E-state index in [0.29, 0.717) is 0 Å². The molecule has 1 aromatic rings. The smallest absolute Gasteiger partial charge is 0.119 e. The van der Waals surface area contributed by atoms with Crippen LogP contribution in [-0.2, 0) is 6.42 Å². The molecule has 0 aliphatic carbocycles. The molecule has 0 bridgehead atoms. The maximum Gasteiger partial charge on any atom is 0.119 e. The second kappa shape index (κ2) is 8.65. The molecule has 4 heteroatoms. The van der Waals surface area contributed by atoms with Crippen LogP contribution in [0.2, 0.25) is 0 Å². The zero-order chi connectivity index (χ0) is 14.2. The third-order valence-electron chi connectivity index (χ3n) is 3.78. The summed E-state index contributed by atoms with van der Waals surface area (Å²) in [6.45, 7) is 6.77. The number of alkyl halides is 1. The highest BCUT2D eigenvalue weighted by atomic mass is 79.9. The van der Waals surface area contributed by atoms with Gasteiger partial charge in [0.05, 0.1) is 6.61 Å². The molecule has 0 N–H and O–H groups in total. The van der Waals surface area contributed by atoms with Crippen molar-refractivity contribution in [1.29, 1.82) is 0 Å².